The van der Waals surface area contributed by atoms with Gasteiger partial charge in [0.1, 0.15) is 0 Å². The minimum atomic E-state index is -0.0278. The van der Waals surface area contributed by atoms with E-state index in [1.807, 2.05) is 42.5 Å². The maximum absolute atomic E-state index is 12.7. The molecular weight excluding hydrogens is 302 g/mol. The predicted octanol–water partition coefficient (Wildman–Crippen LogP) is 5.95. The van der Waals surface area contributed by atoms with Gasteiger partial charge in [-0.1, -0.05) is 51.1 Å². The van der Waals surface area contributed by atoms with Crippen LogP contribution in [0.4, 0.5) is 5.69 Å². The number of para-hydroxylation sites is 1. The van der Waals surface area contributed by atoms with Crippen LogP contribution in [0, 0.1) is 0 Å². The SMILES string of the molecule is CCCSc1ccccc1C(=O)Nc1ccccc1C(C)CC. The summed E-state index contributed by atoms with van der Waals surface area (Å²) >= 11 is 1.74. The van der Waals surface area contributed by atoms with Crippen LogP contribution >= 0.6 is 11.8 Å². The summed E-state index contributed by atoms with van der Waals surface area (Å²) in [6, 6.07) is 15.9. The highest BCUT2D eigenvalue weighted by atomic mass is 32.2. The molecule has 0 fully saturated rings. The first-order valence-corrected chi connectivity index (χ1v) is 9.28. The third-order valence-electron chi connectivity index (χ3n) is 3.95. The molecule has 0 aliphatic heterocycles. The van der Waals surface area contributed by atoms with Crippen LogP contribution in [-0.4, -0.2) is 11.7 Å². The number of hydrogen-bond acceptors (Lipinski definition) is 2. The van der Waals surface area contributed by atoms with E-state index in [-0.39, 0.29) is 5.91 Å². The van der Waals surface area contributed by atoms with Gasteiger partial charge in [-0.05, 0) is 48.3 Å². The predicted molar refractivity (Wildman–Crippen MR) is 101 cm³/mol. The normalized spacial score (nSPS) is 12.0. The Balaban J connectivity index is 2.23. The molecule has 2 rings (SSSR count). The summed E-state index contributed by atoms with van der Waals surface area (Å²) in [5.41, 5.74) is 2.87. The van der Waals surface area contributed by atoms with Crippen molar-refractivity contribution in [2.24, 2.45) is 0 Å². The van der Waals surface area contributed by atoms with E-state index in [1.165, 1.54) is 5.56 Å². The Labute approximate surface area is 143 Å². The first-order chi connectivity index (χ1) is 11.2. The lowest BCUT2D eigenvalue weighted by Crippen LogP contribution is -2.15. The molecule has 0 aliphatic rings. The highest BCUT2D eigenvalue weighted by Crippen LogP contribution is 2.28. The van der Waals surface area contributed by atoms with Crippen LogP contribution in [0.2, 0.25) is 0 Å². The summed E-state index contributed by atoms with van der Waals surface area (Å²) in [5, 5.41) is 3.11. The van der Waals surface area contributed by atoms with Gasteiger partial charge in [0, 0.05) is 10.6 Å². The van der Waals surface area contributed by atoms with E-state index in [4.69, 9.17) is 0 Å². The Morgan fingerprint density at radius 2 is 1.78 bits per heavy atom. The average molecular weight is 327 g/mol. The summed E-state index contributed by atoms with van der Waals surface area (Å²) in [7, 11) is 0. The van der Waals surface area contributed by atoms with Crippen molar-refractivity contribution in [3.63, 3.8) is 0 Å². The van der Waals surface area contributed by atoms with Crippen LogP contribution < -0.4 is 5.32 Å². The second kappa shape index (κ2) is 8.78. The Morgan fingerprint density at radius 3 is 2.52 bits per heavy atom. The van der Waals surface area contributed by atoms with Gasteiger partial charge >= 0.3 is 0 Å². The molecule has 0 saturated carbocycles. The molecule has 0 heterocycles. The van der Waals surface area contributed by atoms with Gasteiger partial charge in [0.05, 0.1) is 5.56 Å². The molecule has 2 nitrogen and oxygen atoms in total. The summed E-state index contributed by atoms with van der Waals surface area (Å²) in [5.74, 6) is 1.42. The number of anilines is 1. The van der Waals surface area contributed by atoms with Gasteiger partial charge in [-0.3, -0.25) is 4.79 Å². The van der Waals surface area contributed by atoms with E-state index in [0.29, 0.717) is 5.92 Å². The average Bonchev–Trinajstić information content (AvgIpc) is 2.60. The zero-order chi connectivity index (χ0) is 16.7. The maximum Gasteiger partial charge on any atom is 0.256 e. The van der Waals surface area contributed by atoms with Crippen molar-refractivity contribution in [3.05, 3.63) is 59.7 Å². The summed E-state index contributed by atoms with van der Waals surface area (Å²) in [6.45, 7) is 6.51. The molecule has 2 aromatic carbocycles. The van der Waals surface area contributed by atoms with Crippen LogP contribution in [0.25, 0.3) is 0 Å². The maximum atomic E-state index is 12.7. The lowest BCUT2D eigenvalue weighted by Gasteiger charge is -2.16. The number of thioether (sulfide) groups is 1. The lowest BCUT2D eigenvalue weighted by atomic mass is 9.97. The molecule has 122 valence electrons. The highest BCUT2D eigenvalue weighted by molar-refractivity contribution is 7.99. The topological polar surface area (TPSA) is 29.1 Å². The summed E-state index contributed by atoms with van der Waals surface area (Å²) in [6.07, 6.45) is 2.15. The van der Waals surface area contributed by atoms with Crippen molar-refractivity contribution in [1.29, 1.82) is 0 Å². The van der Waals surface area contributed by atoms with Crippen LogP contribution in [0.1, 0.15) is 55.5 Å². The molecule has 2 aromatic rings. The molecule has 1 N–H and O–H groups in total. The Hall–Kier alpha value is -1.74. The van der Waals surface area contributed by atoms with Gasteiger partial charge in [0.15, 0.2) is 0 Å². The molecular formula is C20H25NOS. The second-order valence-corrected chi connectivity index (χ2v) is 6.83. The summed E-state index contributed by atoms with van der Waals surface area (Å²) in [4.78, 5) is 13.8. The van der Waals surface area contributed by atoms with Gasteiger partial charge < -0.3 is 5.32 Å². The van der Waals surface area contributed by atoms with E-state index in [1.54, 1.807) is 11.8 Å². The first kappa shape index (κ1) is 17.6. The Bertz CT molecular complexity index is 654. The number of hydrogen-bond donors (Lipinski definition) is 1. The third kappa shape index (κ3) is 4.61. The van der Waals surface area contributed by atoms with Gasteiger partial charge in [-0.2, -0.15) is 0 Å². The van der Waals surface area contributed by atoms with Crippen LogP contribution in [0.15, 0.2) is 53.4 Å². The molecule has 23 heavy (non-hydrogen) atoms. The smallest absolute Gasteiger partial charge is 0.256 e. The molecule has 0 spiro atoms. The minimum absolute atomic E-state index is 0.0278. The number of amides is 1. The minimum Gasteiger partial charge on any atom is -0.322 e. The third-order valence-corrected chi connectivity index (χ3v) is 5.23. The van der Waals surface area contributed by atoms with Gasteiger partial charge in [-0.15, -0.1) is 11.8 Å². The second-order valence-electron chi connectivity index (χ2n) is 5.70. The molecule has 0 saturated heterocycles. The van der Waals surface area contributed by atoms with E-state index in [9.17, 15) is 4.79 Å². The fraction of sp³-hybridized carbons (Fsp3) is 0.350. The molecule has 0 radical (unpaired) electrons. The zero-order valence-corrected chi connectivity index (χ0v) is 15.0. The van der Waals surface area contributed by atoms with Crippen molar-refractivity contribution in [1.82, 2.24) is 0 Å². The number of benzene rings is 2. The standard InChI is InChI=1S/C20H25NOS/c1-4-14-23-19-13-9-7-11-17(19)20(22)21-18-12-8-6-10-16(18)15(3)5-2/h6-13,15H,4-5,14H2,1-3H3,(H,21,22). The molecule has 0 aromatic heterocycles. The number of nitrogens with one attached hydrogen (secondary N) is 1. The van der Waals surface area contributed by atoms with Crippen molar-refractivity contribution >= 4 is 23.4 Å². The van der Waals surface area contributed by atoms with Crippen molar-refractivity contribution in [2.45, 2.75) is 44.4 Å². The van der Waals surface area contributed by atoms with Crippen LogP contribution in [-0.2, 0) is 0 Å². The quantitative estimate of drug-likeness (QED) is 0.636. The van der Waals surface area contributed by atoms with E-state index in [0.717, 1.165) is 34.7 Å². The molecule has 3 heteroatoms. The number of carbonyl (C=O) groups is 1. The van der Waals surface area contributed by atoms with E-state index in [2.05, 4.69) is 32.2 Å². The van der Waals surface area contributed by atoms with E-state index >= 15 is 0 Å². The Kier molecular flexibility index (Phi) is 6.72. The fourth-order valence-electron chi connectivity index (χ4n) is 2.44. The van der Waals surface area contributed by atoms with Gasteiger partial charge in [-0.25, -0.2) is 0 Å². The molecule has 1 atom stereocenters. The molecule has 0 aliphatic carbocycles. The molecule has 1 amide bonds. The first-order valence-electron chi connectivity index (χ1n) is 8.29. The van der Waals surface area contributed by atoms with E-state index < -0.39 is 0 Å². The zero-order valence-electron chi connectivity index (χ0n) is 14.1. The van der Waals surface area contributed by atoms with Crippen molar-refractivity contribution in [2.75, 3.05) is 11.1 Å². The van der Waals surface area contributed by atoms with Gasteiger partial charge in [0.2, 0.25) is 0 Å². The monoisotopic (exact) mass is 327 g/mol. The largest absolute Gasteiger partial charge is 0.322 e. The summed E-state index contributed by atoms with van der Waals surface area (Å²) < 4.78 is 0. The fourth-order valence-corrected chi connectivity index (χ4v) is 3.36. The van der Waals surface area contributed by atoms with Crippen molar-refractivity contribution < 1.29 is 4.79 Å². The highest BCUT2D eigenvalue weighted by Gasteiger charge is 2.14. The lowest BCUT2D eigenvalue weighted by molar-refractivity contribution is 0.102. The Morgan fingerprint density at radius 1 is 1.09 bits per heavy atom. The molecule has 0 bridgehead atoms. The molecule has 1 unspecified atom stereocenters. The van der Waals surface area contributed by atoms with Gasteiger partial charge in [0.25, 0.3) is 5.91 Å². The van der Waals surface area contributed by atoms with Crippen molar-refractivity contribution in [3.8, 4) is 0 Å². The van der Waals surface area contributed by atoms with Crippen LogP contribution in [0.5, 0.6) is 0 Å². The van der Waals surface area contributed by atoms with Crippen LogP contribution in [0.3, 0.4) is 0 Å². The number of carbonyl (C=O) groups excluding carboxylic acids is 1. The number of rotatable bonds is 7.